The average Bonchev–Trinajstić information content (AvgIpc) is 2.53. The minimum absolute atomic E-state index is 0.0718. The molecule has 0 fully saturated rings. The quantitative estimate of drug-likeness (QED) is 0.757. The van der Waals surface area contributed by atoms with Crippen LogP contribution in [0.1, 0.15) is 51.3 Å². The van der Waals surface area contributed by atoms with Crippen molar-refractivity contribution in [3.05, 3.63) is 35.4 Å². The number of ether oxygens (including phenoxy) is 1. The second kappa shape index (κ2) is 9.19. The van der Waals surface area contributed by atoms with E-state index in [2.05, 4.69) is 44.7 Å². The van der Waals surface area contributed by atoms with Crippen molar-refractivity contribution in [3.63, 3.8) is 0 Å². The van der Waals surface area contributed by atoms with Crippen LogP contribution in [-0.4, -0.2) is 42.4 Å². The first-order valence-electron chi connectivity index (χ1n) is 8.06. The van der Waals surface area contributed by atoms with Gasteiger partial charge in [0.15, 0.2) is 0 Å². The van der Waals surface area contributed by atoms with Gasteiger partial charge in [-0.1, -0.05) is 38.1 Å². The van der Waals surface area contributed by atoms with Crippen molar-refractivity contribution >= 4 is 0 Å². The largest absolute Gasteiger partial charge is 0.387 e. The Morgan fingerprint density at radius 2 is 1.76 bits per heavy atom. The third-order valence-corrected chi connectivity index (χ3v) is 4.42. The van der Waals surface area contributed by atoms with Crippen molar-refractivity contribution in [2.24, 2.45) is 0 Å². The third kappa shape index (κ3) is 5.10. The van der Waals surface area contributed by atoms with Crippen molar-refractivity contribution in [1.29, 1.82) is 0 Å². The van der Waals surface area contributed by atoms with Crippen LogP contribution >= 0.6 is 0 Å². The van der Waals surface area contributed by atoms with Gasteiger partial charge in [0, 0.05) is 25.7 Å². The average molecular weight is 293 g/mol. The highest BCUT2D eigenvalue weighted by Crippen LogP contribution is 2.23. The Kier molecular flexibility index (Phi) is 7.94. The van der Waals surface area contributed by atoms with E-state index in [1.54, 1.807) is 7.11 Å². The molecule has 0 saturated heterocycles. The Hall–Kier alpha value is -0.900. The van der Waals surface area contributed by atoms with Gasteiger partial charge < -0.3 is 9.84 Å². The van der Waals surface area contributed by atoms with E-state index in [-0.39, 0.29) is 6.04 Å². The highest BCUT2D eigenvalue weighted by Gasteiger charge is 2.25. The fourth-order valence-corrected chi connectivity index (χ4v) is 2.67. The van der Waals surface area contributed by atoms with E-state index in [4.69, 9.17) is 4.74 Å². The first kappa shape index (κ1) is 18.1. The van der Waals surface area contributed by atoms with Crippen LogP contribution in [0.15, 0.2) is 24.3 Å². The summed E-state index contributed by atoms with van der Waals surface area (Å²) in [7, 11) is 1.72. The molecule has 0 saturated carbocycles. The number of benzene rings is 1. The van der Waals surface area contributed by atoms with Gasteiger partial charge in [0.25, 0.3) is 0 Å². The van der Waals surface area contributed by atoms with E-state index in [0.29, 0.717) is 12.6 Å². The Morgan fingerprint density at radius 3 is 2.24 bits per heavy atom. The molecule has 1 aromatic carbocycles. The predicted octanol–water partition coefficient (Wildman–Crippen LogP) is 3.42. The standard InChI is InChI=1S/C18H31NO2/c1-6-14(3)19(12-13-21-5)15(4)18(20)17-10-8-16(7-2)9-11-17/h8-11,14-15,18,20H,6-7,12-13H2,1-5H3. The van der Waals surface area contributed by atoms with Gasteiger partial charge in [-0.3, -0.25) is 4.90 Å². The number of aliphatic hydroxyl groups is 1. The van der Waals surface area contributed by atoms with Crippen molar-refractivity contribution in [3.8, 4) is 0 Å². The molecule has 3 unspecified atom stereocenters. The molecule has 1 rings (SSSR count). The number of hydrogen-bond donors (Lipinski definition) is 1. The summed E-state index contributed by atoms with van der Waals surface area (Å²) in [6, 6.07) is 8.81. The maximum absolute atomic E-state index is 10.7. The minimum Gasteiger partial charge on any atom is -0.387 e. The molecule has 0 heterocycles. The minimum atomic E-state index is -0.471. The van der Waals surface area contributed by atoms with Crippen LogP contribution in [-0.2, 0) is 11.2 Å². The lowest BCUT2D eigenvalue weighted by atomic mass is 9.99. The zero-order valence-electron chi connectivity index (χ0n) is 14.2. The molecule has 0 amide bonds. The van der Waals surface area contributed by atoms with E-state index >= 15 is 0 Å². The highest BCUT2D eigenvalue weighted by molar-refractivity contribution is 5.25. The first-order valence-corrected chi connectivity index (χ1v) is 8.06. The van der Waals surface area contributed by atoms with Gasteiger partial charge in [-0.15, -0.1) is 0 Å². The van der Waals surface area contributed by atoms with Gasteiger partial charge in [0.2, 0.25) is 0 Å². The SMILES string of the molecule is CCc1ccc(C(O)C(C)N(CCOC)C(C)CC)cc1. The van der Waals surface area contributed by atoms with E-state index < -0.39 is 6.10 Å². The lowest BCUT2D eigenvalue weighted by Gasteiger charge is -2.36. The topological polar surface area (TPSA) is 32.7 Å². The number of hydrogen-bond acceptors (Lipinski definition) is 3. The monoisotopic (exact) mass is 293 g/mol. The van der Waals surface area contributed by atoms with Crippen molar-refractivity contribution in [2.45, 2.75) is 58.7 Å². The first-order chi connectivity index (χ1) is 10.0. The molecule has 3 nitrogen and oxygen atoms in total. The molecule has 0 aliphatic rings. The molecule has 0 aliphatic carbocycles. The van der Waals surface area contributed by atoms with Crippen LogP contribution in [0.25, 0.3) is 0 Å². The summed E-state index contributed by atoms with van der Waals surface area (Å²) in [6.07, 6.45) is 1.62. The molecular weight excluding hydrogens is 262 g/mol. The van der Waals surface area contributed by atoms with Gasteiger partial charge in [-0.2, -0.15) is 0 Å². The highest BCUT2D eigenvalue weighted by atomic mass is 16.5. The molecule has 0 aromatic heterocycles. The molecular formula is C18H31NO2. The molecule has 1 aromatic rings. The molecule has 0 spiro atoms. The second-order valence-electron chi connectivity index (χ2n) is 5.77. The summed E-state index contributed by atoms with van der Waals surface area (Å²) in [5.74, 6) is 0. The van der Waals surface area contributed by atoms with Crippen LogP contribution in [0.3, 0.4) is 0 Å². The summed E-state index contributed by atoms with van der Waals surface area (Å²) in [4.78, 5) is 2.34. The fourth-order valence-electron chi connectivity index (χ4n) is 2.67. The van der Waals surface area contributed by atoms with Crippen molar-refractivity contribution < 1.29 is 9.84 Å². The van der Waals surface area contributed by atoms with Gasteiger partial charge in [0.1, 0.15) is 0 Å². The van der Waals surface area contributed by atoms with Gasteiger partial charge in [0.05, 0.1) is 12.7 Å². The lowest BCUT2D eigenvalue weighted by Crippen LogP contribution is -2.45. The number of rotatable bonds is 9. The Labute approximate surface area is 129 Å². The molecule has 3 heteroatoms. The van der Waals surface area contributed by atoms with Gasteiger partial charge in [-0.05, 0) is 37.8 Å². The summed E-state index contributed by atoms with van der Waals surface area (Å²) >= 11 is 0. The lowest BCUT2D eigenvalue weighted by molar-refractivity contribution is 0.0195. The molecule has 3 atom stereocenters. The van der Waals surface area contributed by atoms with Crippen LogP contribution < -0.4 is 0 Å². The Balaban J connectivity index is 2.81. The van der Waals surface area contributed by atoms with Gasteiger partial charge >= 0.3 is 0 Å². The van der Waals surface area contributed by atoms with E-state index in [1.165, 1.54) is 5.56 Å². The normalized spacial score (nSPS) is 16.0. The molecule has 1 N–H and O–H groups in total. The molecule has 120 valence electrons. The van der Waals surface area contributed by atoms with Crippen molar-refractivity contribution in [1.82, 2.24) is 4.90 Å². The molecule has 0 radical (unpaired) electrons. The number of aryl methyl sites for hydroxylation is 1. The zero-order valence-corrected chi connectivity index (χ0v) is 14.2. The summed E-state index contributed by atoms with van der Waals surface area (Å²) in [5.41, 5.74) is 2.29. The Bertz CT molecular complexity index is 391. The number of aliphatic hydroxyl groups excluding tert-OH is 1. The third-order valence-electron chi connectivity index (χ3n) is 4.42. The van der Waals surface area contributed by atoms with Crippen LogP contribution in [0.4, 0.5) is 0 Å². The molecule has 0 aliphatic heterocycles. The maximum Gasteiger partial charge on any atom is 0.0942 e. The van der Waals surface area contributed by atoms with Crippen LogP contribution in [0, 0.1) is 0 Å². The summed E-state index contributed by atoms with van der Waals surface area (Å²) in [5, 5.41) is 10.7. The maximum atomic E-state index is 10.7. The second-order valence-corrected chi connectivity index (χ2v) is 5.77. The van der Waals surface area contributed by atoms with E-state index in [0.717, 1.165) is 24.9 Å². The number of methoxy groups -OCH3 is 1. The summed E-state index contributed by atoms with van der Waals surface area (Å²) < 4.78 is 5.21. The van der Waals surface area contributed by atoms with E-state index in [9.17, 15) is 5.11 Å². The molecule has 21 heavy (non-hydrogen) atoms. The number of nitrogens with zero attached hydrogens (tertiary/aromatic N) is 1. The van der Waals surface area contributed by atoms with Crippen LogP contribution in [0.2, 0.25) is 0 Å². The smallest absolute Gasteiger partial charge is 0.0942 e. The van der Waals surface area contributed by atoms with Crippen LogP contribution in [0.5, 0.6) is 0 Å². The van der Waals surface area contributed by atoms with E-state index in [1.807, 2.05) is 12.1 Å². The summed E-state index contributed by atoms with van der Waals surface area (Å²) in [6.45, 7) is 10.2. The fraction of sp³-hybridized carbons (Fsp3) is 0.667. The zero-order chi connectivity index (χ0) is 15.8. The van der Waals surface area contributed by atoms with Crippen molar-refractivity contribution in [2.75, 3.05) is 20.3 Å². The van der Waals surface area contributed by atoms with Gasteiger partial charge in [-0.25, -0.2) is 0 Å². The molecule has 0 bridgehead atoms. The Morgan fingerprint density at radius 1 is 1.14 bits per heavy atom. The predicted molar refractivity (Wildman–Crippen MR) is 88.6 cm³/mol.